The third-order valence-electron chi connectivity index (χ3n) is 3.37. The maximum atomic E-state index is 11.8. The largest absolute Gasteiger partial charge is 0.310 e. The molecule has 1 fully saturated rings. The molecule has 0 aromatic carbocycles. The highest BCUT2D eigenvalue weighted by Gasteiger charge is 2.30. The van der Waals surface area contributed by atoms with Crippen LogP contribution in [0.15, 0.2) is 12.1 Å². The van der Waals surface area contributed by atoms with Crippen molar-refractivity contribution < 1.29 is 4.79 Å². The van der Waals surface area contributed by atoms with Crippen molar-refractivity contribution in [2.75, 3.05) is 5.32 Å². The molecule has 5 nitrogen and oxygen atoms in total. The van der Waals surface area contributed by atoms with E-state index in [2.05, 4.69) is 29.2 Å². The van der Waals surface area contributed by atoms with E-state index in [9.17, 15) is 4.79 Å². The fourth-order valence-corrected chi connectivity index (χ4v) is 2.16. The van der Waals surface area contributed by atoms with Crippen LogP contribution in [0.2, 0.25) is 0 Å². The molecule has 0 atom stereocenters. The predicted octanol–water partition coefficient (Wildman–Crippen LogP) is 2.51. The second kappa shape index (κ2) is 4.33. The molecule has 1 saturated carbocycles. The Labute approximate surface area is 112 Å². The summed E-state index contributed by atoms with van der Waals surface area (Å²) in [5.74, 6) is 1.23. The van der Waals surface area contributed by atoms with Crippen molar-refractivity contribution in [2.24, 2.45) is 5.92 Å². The Bertz CT molecular complexity index is 640. The number of nitrogens with zero attached hydrogens (tertiary/aromatic N) is 3. The Morgan fingerprint density at radius 3 is 2.79 bits per heavy atom. The van der Waals surface area contributed by atoms with E-state index in [4.69, 9.17) is 0 Å². The number of aryl methyl sites for hydroxylation is 1. The molecule has 1 amide bonds. The molecule has 5 heteroatoms. The SMILES string of the molecule is Cc1cc2nc(NC(=O)C3CC3)cc(C(C)C)n2n1. The van der Waals surface area contributed by atoms with Gasteiger partial charge in [0.05, 0.1) is 11.4 Å². The highest BCUT2D eigenvalue weighted by atomic mass is 16.2. The van der Waals surface area contributed by atoms with Gasteiger partial charge >= 0.3 is 0 Å². The minimum atomic E-state index is 0.0859. The van der Waals surface area contributed by atoms with Gasteiger partial charge in [-0.15, -0.1) is 0 Å². The lowest BCUT2D eigenvalue weighted by molar-refractivity contribution is -0.117. The summed E-state index contributed by atoms with van der Waals surface area (Å²) in [6, 6.07) is 3.85. The van der Waals surface area contributed by atoms with E-state index in [0.29, 0.717) is 11.7 Å². The van der Waals surface area contributed by atoms with Crippen molar-refractivity contribution in [1.29, 1.82) is 0 Å². The summed E-state index contributed by atoms with van der Waals surface area (Å²) in [5, 5.41) is 7.35. The Morgan fingerprint density at radius 1 is 1.42 bits per heavy atom. The number of carbonyl (C=O) groups excluding carboxylic acids is 1. The number of anilines is 1. The van der Waals surface area contributed by atoms with Crippen molar-refractivity contribution in [2.45, 2.75) is 39.5 Å². The van der Waals surface area contributed by atoms with Gasteiger partial charge in [-0.1, -0.05) is 13.8 Å². The molecular formula is C14H18N4O. The molecule has 0 aliphatic heterocycles. The monoisotopic (exact) mass is 258 g/mol. The van der Waals surface area contributed by atoms with Gasteiger partial charge in [0.15, 0.2) is 5.65 Å². The fourth-order valence-electron chi connectivity index (χ4n) is 2.16. The topological polar surface area (TPSA) is 59.3 Å². The van der Waals surface area contributed by atoms with Crippen LogP contribution in [0, 0.1) is 12.8 Å². The number of aromatic nitrogens is 3. The number of nitrogens with one attached hydrogen (secondary N) is 1. The van der Waals surface area contributed by atoms with E-state index in [-0.39, 0.29) is 11.8 Å². The maximum Gasteiger partial charge on any atom is 0.228 e. The first-order valence-corrected chi connectivity index (χ1v) is 6.73. The average molecular weight is 258 g/mol. The van der Waals surface area contributed by atoms with Crippen LogP contribution < -0.4 is 5.32 Å². The number of fused-ring (bicyclic) bond motifs is 1. The molecule has 1 aliphatic rings. The van der Waals surface area contributed by atoms with Crippen molar-refractivity contribution in [3.05, 3.63) is 23.5 Å². The van der Waals surface area contributed by atoms with E-state index in [1.54, 1.807) is 0 Å². The van der Waals surface area contributed by atoms with Crippen molar-refractivity contribution in [1.82, 2.24) is 14.6 Å². The molecule has 3 rings (SSSR count). The molecule has 100 valence electrons. The fraction of sp³-hybridized carbons (Fsp3) is 0.500. The summed E-state index contributed by atoms with van der Waals surface area (Å²) in [7, 11) is 0. The van der Waals surface area contributed by atoms with Gasteiger partial charge in [0.1, 0.15) is 5.82 Å². The van der Waals surface area contributed by atoms with Gasteiger partial charge in [0.2, 0.25) is 5.91 Å². The van der Waals surface area contributed by atoms with E-state index >= 15 is 0 Å². The van der Waals surface area contributed by atoms with Crippen LogP contribution in [-0.2, 0) is 4.79 Å². The molecule has 0 bridgehead atoms. The van der Waals surface area contributed by atoms with Crippen molar-refractivity contribution in [3.8, 4) is 0 Å². The summed E-state index contributed by atoms with van der Waals surface area (Å²) in [6.07, 6.45) is 1.99. The molecule has 0 unspecified atom stereocenters. The van der Waals surface area contributed by atoms with Gasteiger partial charge in [-0.2, -0.15) is 5.10 Å². The molecule has 1 aliphatic carbocycles. The molecule has 0 saturated heterocycles. The van der Waals surface area contributed by atoms with E-state index in [1.165, 1.54) is 0 Å². The third-order valence-corrected chi connectivity index (χ3v) is 3.37. The van der Waals surface area contributed by atoms with Crippen LogP contribution in [0.3, 0.4) is 0 Å². The van der Waals surface area contributed by atoms with Crippen LogP contribution in [0.5, 0.6) is 0 Å². The summed E-state index contributed by atoms with van der Waals surface area (Å²) in [4.78, 5) is 16.3. The van der Waals surface area contributed by atoms with Gasteiger partial charge in [-0.05, 0) is 25.7 Å². The molecule has 0 radical (unpaired) electrons. The molecule has 2 aromatic heterocycles. The van der Waals surface area contributed by atoms with Crippen LogP contribution in [-0.4, -0.2) is 20.5 Å². The average Bonchev–Trinajstić information content (AvgIpc) is 3.10. The van der Waals surface area contributed by atoms with Crippen LogP contribution >= 0.6 is 0 Å². The molecular weight excluding hydrogens is 240 g/mol. The highest BCUT2D eigenvalue weighted by molar-refractivity contribution is 5.93. The van der Waals surface area contributed by atoms with E-state index < -0.39 is 0 Å². The Hall–Kier alpha value is -1.91. The first-order valence-electron chi connectivity index (χ1n) is 6.73. The van der Waals surface area contributed by atoms with Crippen molar-refractivity contribution in [3.63, 3.8) is 0 Å². The molecule has 1 N–H and O–H groups in total. The van der Waals surface area contributed by atoms with Gasteiger partial charge < -0.3 is 5.32 Å². The van der Waals surface area contributed by atoms with Crippen LogP contribution in [0.4, 0.5) is 5.82 Å². The zero-order valence-corrected chi connectivity index (χ0v) is 11.5. The first kappa shape index (κ1) is 12.1. The number of carbonyl (C=O) groups is 1. The lowest BCUT2D eigenvalue weighted by Gasteiger charge is -2.11. The number of hydrogen-bond donors (Lipinski definition) is 1. The lowest BCUT2D eigenvalue weighted by Crippen LogP contribution is -2.15. The summed E-state index contributed by atoms with van der Waals surface area (Å²) < 4.78 is 1.85. The summed E-state index contributed by atoms with van der Waals surface area (Å²) >= 11 is 0. The Kier molecular flexibility index (Phi) is 2.77. The van der Waals surface area contributed by atoms with Gasteiger partial charge in [-0.25, -0.2) is 9.50 Å². The zero-order chi connectivity index (χ0) is 13.6. The Balaban J connectivity index is 2.02. The number of hydrogen-bond acceptors (Lipinski definition) is 3. The summed E-state index contributed by atoms with van der Waals surface area (Å²) in [5.41, 5.74) is 2.78. The molecule has 19 heavy (non-hydrogen) atoms. The molecule has 0 spiro atoms. The van der Waals surface area contributed by atoms with E-state index in [0.717, 1.165) is 29.9 Å². The summed E-state index contributed by atoms with van der Waals surface area (Å²) in [6.45, 7) is 6.16. The second-order valence-electron chi connectivity index (χ2n) is 5.54. The van der Waals surface area contributed by atoms with E-state index in [1.807, 2.05) is 23.6 Å². The number of rotatable bonds is 3. The smallest absolute Gasteiger partial charge is 0.228 e. The maximum absolute atomic E-state index is 11.8. The van der Waals surface area contributed by atoms with Crippen LogP contribution in [0.1, 0.15) is 44.0 Å². The molecule has 2 heterocycles. The Morgan fingerprint density at radius 2 is 2.16 bits per heavy atom. The lowest BCUT2D eigenvalue weighted by atomic mass is 10.1. The first-order chi connectivity index (χ1) is 9.04. The predicted molar refractivity (Wildman–Crippen MR) is 73.2 cm³/mol. The van der Waals surface area contributed by atoms with Gasteiger partial charge in [-0.3, -0.25) is 4.79 Å². The van der Waals surface area contributed by atoms with Gasteiger partial charge in [0.25, 0.3) is 0 Å². The van der Waals surface area contributed by atoms with Crippen LogP contribution in [0.25, 0.3) is 5.65 Å². The minimum Gasteiger partial charge on any atom is -0.310 e. The second-order valence-corrected chi connectivity index (χ2v) is 5.54. The molecule has 2 aromatic rings. The quantitative estimate of drug-likeness (QED) is 0.920. The van der Waals surface area contributed by atoms with Crippen molar-refractivity contribution >= 4 is 17.4 Å². The third kappa shape index (κ3) is 2.32. The minimum absolute atomic E-state index is 0.0859. The van der Waals surface area contributed by atoms with Gasteiger partial charge in [0, 0.05) is 18.1 Å². The highest BCUT2D eigenvalue weighted by Crippen LogP contribution is 2.30. The number of amides is 1. The standard InChI is InChI=1S/C14H18N4O/c1-8(2)11-7-12(16-14(19)10-4-5-10)15-13-6-9(3)17-18(11)13/h6-8,10H,4-5H2,1-3H3,(H,15,16,19). The zero-order valence-electron chi connectivity index (χ0n) is 11.5. The normalized spacial score (nSPS) is 15.2.